The second kappa shape index (κ2) is 10.3. The molecule has 3 rings (SSSR count). The number of methoxy groups -OCH3 is 1. The van der Waals surface area contributed by atoms with Crippen LogP contribution in [0.25, 0.3) is 0 Å². The van der Waals surface area contributed by atoms with Crippen molar-refractivity contribution in [2.75, 3.05) is 46.6 Å². The number of β-amino-alcohol motifs (C(OH)–C–C–N with tert-alkyl or cyclic N) is 1. The molecular formula is C22H29NO4. The van der Waals surface area contributed by atoms with Gasteiger partial charge in [0.1, 0.15) is 24.2 Å². The van der Waals surface area contributed by atoms with Crippen molar-refractivity contribution in [2.45, 2.75) is 18.9 Å². The normalized spacial score (nSPS) is 16.1. The fourth-order valence-electron chi connectivity index (χ4n) is 3.24. The van der Waals surface area contributed by atoms with Crippen LogP contribution in [0, 0.1) is 0 Å². The summed E-state index contributed by atoms with van der Waals surface area (Å²) in [5.41, 5.74) is 2.42. The number of benzene rings is 2. The lowest BCUT2D eigenvalue weighted by atomic mass is 10.0. The summed E-state index contributed by atoms with van der Waals surface area (Å²) in [4.78, 5) is 2.22. The monoisotopic (exact) mass is 371 g/mol. The lowest BCUT2D eigenvalue weighted by molar-refractivity contribution is 0.00457. The van der Waals surface area contributed by atoms with Crippen LogP contribution in [0.5, 0.6) is 11.5 Å². The molecule has 5 nitrogen and oxygen atoms in total. The molecule has 1 aliphatic rings. The number of para-hydroxylation sites is 1. The van der Waals surface area contributed by atoms with E-state index in [2.05, 4.69) is 23.1 Å². The van der Waals surface area contributed by atoms with E-state index in [1.165, 1.54) is 5.56 Å². The van der Waals surface area contributed by atoms with Crippen LogP contribution in [0.1, 0.15) is 11.1 Å². The Balaban J connectivity index is 1.50. The number of ether oxygens (including phenoxy) is 3. The number of hydrogen-bond acceptors (Lipinski definition) is 5. The van der Waals surface area contributed by atoms with Gasteiger partial charge in [-0.25, -0.2) is 0 Å². The Labute approximate surface area is 161 Å². The minimum atomic E-state index is -0.502. The van der Waals surface area contributed by atoms with E-state index in [0.29, 0.717) is 13.2 Å². The van der Waals surface area contributed by atoms with Gasteiger partial charge in [0.25, 0.3) is 0 Å². The van der Waals surface area contributed by atoms with Crippen LogP contribution in [-0.2, 0) is 17.6 Å². The van der Waals surface area contributed by atoms with Gasteiger partial charge < -0.3 is 19.3 Å². The van der Waals surface area contributed by atoms with Crippen molar-refractivity contribution >= 4 is 0 Å². The standard InChI is InChI=1S/C22H29NO4/c1-25-21-10-7-18(8-11-21)6-9-19-4-2-3-5-22(19)27-17-20(24)16-23-12-14-26-15-13-23/h2-5,7-8,10-11,20,24H,6,9,12-17H2,1H3/t20-/m0/s1. The first-order chi connectivity index (χ1) is 13.2. The van der Waals surface area contributed by atoms with E-state index >= 15 is 0 Å². The predicted molar refractivity (Wildman–Crippen MR) is 106 cm³/mol. The van der Waals surface area contributed by atoms with Gasteiger partial charge in [-0.2, -0.15) is 0 Å². The summed E-state index contributed by atoms with van der Waals surface area (Å²) < 4.78 is 16.5. The lowest BCUT2D eigenvalue weighted by Crippen LogP contribution is -2.42. The summed E-state index contributed by atoms with van der Waals surface area (Å²) in [6, 6.07) is 16.2. The van der Waals surface area contributed by atoms with Gasteiger partial charge in [0.05, 0.1) is 20.3 Å². The fourth-order valence-corrected chi connectivity index (χ4v) is 3.24. The van der Waals surface area contributed by atoms with Crippen molar-refractivity contribution in [1.29, 1.82) is 0 Å². The number of aryl methyl sites for hydroxylation is 2. The lowest BCUT2D eigenvalue weighted by Gasteiger charge is -2.28. The predicted octanol–water partition coefficient (Wildman–Crippen LogP) is 2.55. The van der Waals surface area contributed by atoms with E-state index in [4.69, 9.17) is 14.2 Å². The molecule has 1 fully saturated rings. The Hall–Kier alpha value is -2.08. The highest BCUT2D eigenvalue weighted by Crippen LogP contribution is 2.21. The zero-order valence-electron chi connectivity index (χ0n) is 16.0. The number of rotatable bonds is 9. The molecule has 146 valence electrons. The Morgan fingerprint density at radius 1 is 1.04 bits per heavy atom. The molecule has 27 heavy (non-hydrogen) atoms. The molecule has 1 N–H and O–H groups in total. The number of aliphatic hydroxyl groups is 1. The molecule has 0 spiro atoms. The van der Waals surface area contributed by atoms with Crippen molar-refractivity contribution < 1.29 is 19.3 Å². The first-order valence-corrected chi connectivity index (χ1v) is 9.56. The summed E-state index contributed by atoms with van der Waals surface area (Å²) in [6.45, 7) is 4.14. The smallest absolute Gasteiger partial charge is 0.122 e. The molecule has 1 atom stereocenters. The molecule has 1 aliphatic heterocycles. The number of aliphatic hydroxyl groups excluding tert-OH is 1. The Morgan fingerprint density at radius 3 is 2.52 bits per heavy atom. The third kappa shape index (κ3) is 6.24. The molecule has 0 aromatic heterocycles. The molecule has 0 radical (unpaired) electrons. The highest BCUT2D eigenvalue weighted by molar-refractivity contribution is 5.35. The van der Waals surface area contributed by atoms with Gasteiger partial charge in [-0.1, -0.05) is 30.3 Å². The maximum Gasteiger partial charge on any atom is 0.122 e. The molecule has 0 bridgehead atoms. The molecule has 5 heteroatoms. The fraction of sp³-hybridized carbons (Fsp3) is 0.455. The summed E-state index contributed by atoms with van der Waals surface area (Å²) in [5, 5.41) is 10.3. The van der Waals surface area contributed by atoms with E-state index < -0.39 is 6.10 Å². The minimum absolute atomic E-state index is 0.302. The summed E-state index contributed by atoms with van der Waals surface area (Å²) in [6.07, 6.45) is 1.32. The van der Waals surface area contributed by atoms with Gasteiger partial charge in [-0.15, -0.1) is 0 Å². The van der Waals surface area contributed by atoms with Crippen LogP contribution in [0.15, 0.2) is 48.5 Å². The average molecular weight is 371 g/mol. The van der Waals surface area contributed by atoms with Crippen LogP contribution >= 0.6 is 0 Å². The van der Waals surface area contributed by atoms with E-state index in [1.807, 2.05) is 30.3 Å². The molecule has 0 saturated carbocycles. The van der Waals surface area contributed by atoms with Crippen molar-refractivity contribution in [1.82, 2.24) is 4.90 Å². The number of morpholine rings is 1. The largest absolute Gasteiger partial charge is 0.497 e. The minimum Gasteiger partial charge on any atom is -0.497 e. The number of hydrogen-bond donors (Lipinski definition) is 1. The summed E-state index contributed by atoms with van der Waals surface area (Å²) >= 11 is 0. The molecular weight excluding hydrogens is 342 g/mol. The Morgan fingerprint density at radius 2 is 1.78 bits per heavy atom. The SMILES string of the molecule is COc1ccc(CCc2ccccc2OC[C@@H](O)CN2CCOCC2)cc1. The number of nitrogens with zero attached hydrogens (tertiary/aromatic N) is 1. The van der Waals surface area contributed by atoms with Gasteiger partial charge in [-0.3, -0.25) is 4.90 Å². The molecule has 2 aromatic carbocycles. The summed E-state index contributed by atoms with van der Waals surface area (Å²) in [5.74, 6) is 1.73. The van der Waals surface area contributed by atoms with Crippen LogP contribution < -0.4 is 9.47 Å². The average Bonchev–Trinajstić information content (AvgIpc) is 2.72. The summed E-state index contributed by atoms with van der Waals surface area (Å²) in [7, 11) is 1.68. The maximum absolute atomic E-state index is 10.3. The zero-order valence-corrected chi connectivity index (χ0v) is 16.0. The Bertz CT molecular complexity index is 683. The quantitative estimate of drug-likeness (QED) is 0.734. The van der Waals surface area contributed by atoms with Gasteiger partial charge >= 0.3 is 0 Å². The molecule has 2 aromatic rings. The molecule has 1 heterocycles. The molecule has 1 saturated heterocycles. The third-order valence-corrected chi connectivity index (χ3v) is 4.82. The van der Waals surface area contributed by atoms with Crippen molar-refractivity contribution in [2.24, 2.45) is 0 Å². The van der Waals surface area contributed by atoms with E-state index in [9.17, 15) is 5.11 Å². The zero-order chi connectivity index (χ0) is 18.9. The highest BCUT2D eigenvalue weighted by atomic mass is 16.5. The van der Waals surface area contributed by atoms with Gasteiger partial charge in [-0.05, 0) is 42.2 Å². The molecule has 0 amide bonds. The first-order valence-electron chi connectivity index (χ1n) is 9.56. The van der Waals surface area contributed by atoms with Gasteiger partial charge in [0.2, 0.25) is 0 Å². The third-order valence-electron chi connectivity index (χ3n) is 4.82. The topological polar surface area (TPSA) is 51.2 Å². The van der Waals surface area contributed by atoms with E-state index in [1.54, 1.807) is 7.11 Å². The second-order valence-electron chi connectivity index (χ2n) is 6.83. The highest BCUT2D eigenvalue weighted by Gasteiger charge is 2.15. The van der Waals surface area contributed by atoms with Crippen LogP contribution in [0.3, 0.4) is 0 Å². The van der Waals surface area contributed by atoms with E-state index in [0.717, 1.165) is 56.2 Å². The van der Waals surface area contributed by atoms with Gasteiger partial charge in [0.15, 0.2) is 0 Å². The second-order valence-corrected chi connectivity index (χ2v) is 6.83. The van der Waals surface area contributed by atoms with Gasteiger partial charge in [0, 0.05) is 19.6 Å². The molecule has 0 aliphatic carbocycles. The van der Waals surface area contributed by atoms with Crippen molar-refractivity contribution in [3.8, 4) is 11.5 Å². The maximum atomic E-state index is 10.3. The van der Waals surface area contributed by atoms with Crippen LogP contribution in [0.2, 0.25) is 0 Å². The van der Waals surface area contributed by atoms with E-state index in [-0.39, 0.29) is 0 Å². The Kier molecular flexibility index (Phi) is 7.51. The molecule has 0 unspecified atom stereocenters. The van der Waals surface area contributed by atoms with Crippen LogP contribution in [-0.4, -0.2) is 62.7 Å². The van der Waals surface area contributed by atoms with Crippen LogP contribution in [0.4, 0.5) is 0 Å². The first kappa shape index (κ1) is 19.7. The van der Waals surface area contributed by atoms with Crippen molar-refractivity contribution in [3.05, 3.63) is 59.7 Å². The van der Waals surface area contributed by atoms with Crippen molar-refractivity contribution in [3.63, 3.8) is 0 Å².